The third-order valence-corrected chi connectivity index (χ3v) is 4.11. The molecule has 1 aliphatic carbocycles. The smallest absolute Gasteiger partial charge is 0.230 e. The number of aliphatic hydroxyl groups excluding tert-OH is 1. The highest BCUT2D eigenvalue weighted by atomic mass is 16.3. The molecule has 1 aromatic rings. The zero-order valence-corrected chi connectivity index (χ0v) is 12.5. The van der Waals surface area contributed by atoms with Crippen LogP contribution in [-0.2, 0) is 4.79 Å². The van der Waals surface area contributed by atoms with Crippen molar-refractivity contribution in [2.45, 2.75) is 45.3 Å². The highest BCUT2D eigenvalue weighted by molar-refractivity contribution is 5.93. The average Bonchev–Trinajstić information content (AvgIpc) is 2.84. The second kappa shape index (κ2) is 6.27. The molecular weight excluding hydrogens is 252 g/mol. The fourth-order valence-electron chi connectivity index (χ4n) is 2.58. The topological polar surface area (TPSA) is 52.6 Å². The molecule has 0 bridgehead atoms. The van der Waals surface area contributed by atoms with Crippen LogP contribution in [0.2, 0.25) is 0 Å². The fraction of sp³-hybridized carbons (Fsp3) is 0.562. The minimum absolute atomic E-state index is 0.0700. The SMILES string of the molecule is CC(C)N(C)c1cccc(NC(=O)C2CCCC2O)c1. The van der Waals surface area contributed by atoms with Crippen LogP contribution >= 0.6 is 0 Å². The summed E-state index contributed by atoms with van der Waals surface area (Å²) in [6.07, 6.45) is 1.94. The predicted octanol–water partition coefficient (Wildman–Crippen LogP) is 2.63. The van der Waals surface area contributed by atoms with Crippen LogP contribution < -0.4 is 10.2 Å². The van der Waals surface area contributed by atoms with Gasteiger partial charge in [0.1, 0.15) is 0 Å². The first-order chi connectivity index (χ1) is 9.49. The summed E-state index contributed by atoms with van der Waals surface area (Å²) in [5, 5.41) is 12.7. The average molecular weight is 276 g/mol. The molecule has 1 amide bonds. The molecule has 0 aliphatic heterocycles. The van der Waals surface area contributed by atoms with E-state index in [9.17, 15) is 9.90 Å². The van der Waals surface area contributed by atoms with Gasteiger partial charge in [0.25, 0.3) is 0 Å². The summed E-state index contributed by atoms with van der Waals surface area (Å²) in [6.45, 7) is 4.25. The molecule has 1 fully saturated rings. The zero-order chi connectivity index (χ0) is 14.7. The minimum Gasteiger partial charge on any atom is -0.392 e. The molecule has 1 saturated carbocycles. The van der Waals surface area contributed by atoms with Crippen molar-refractivity contribution in [2.75, 3.05) is 17.3 Å². The molecule has 2 N–H and O–H groups in total. The van der Waals surface area contributed by atoms with Gasteiger partial charge >= 0.3 is 0 Å². The first-order valence-corrected chi connectivity index (χ1v) is 7.31. The summed E-state index contributed by atoms with van der Waals surface area (Å²) in [6, 6.07) is 8.23. The van der Waals surface area contributed by atoms with Crippen molar-refractivity contribution in [3.05, 3.63) is 24.3 Å². The maximum absolute atomic E-state index is 12.2. The molecule has 0 spiro atoms. The van der Waals surface area contributed by atoms with Gasteiger partial charge in [0.05, 0.1) is 12.0 Å². The summed E-state index contributed by atoms with van der Waals surface area (Å²) in [4.78, 5) is 14.3. The van der Waals surface area contributed by atoms with Gasteiger partial charge in [-0.25, -0.2) is 0 Å². The number of nitrogens with zero attached hydrogens (tertiary/aromatic N) is 1. The second-order valence-corrected chi connectivity index (χ2v) is 5.85. The minimum atomic E-state index is -0.489. The van der Waals surface area contributed by atoms with Crippen molar-refractivity contribution >= 4 is 17.3 Å². The highest BCUT2D eigenvalue weighted by Crippen LogP contribution is 2.27. The monoisotopic (exact) mass is 276 g/mol. The number of hydrogen-bond donors (Lipinski definition) is 2. The summed E-state index contributed by atoms with van der Waals surface area (Å²) in [7, 11) is 2.03. The van der Waals surface area contributed by atoms with Crippen molar-refractivity contribution in [1.29, 1.82) is 0 Å². The lowest BCUT2D eigenvalue weighted by molar-refractivity contribution is -0.122. The lowest BCUT2D eigenvalue weighted by atomic mass is 10.1. The summed E-state index contributed by atoms with van der Waals surface area (Å²) < 4.78 is 0. The van der Waals surface area contributed by atoms with Crippen LogP contribution in [0.3, 0.4) is 0 Å². The Kier molecular flexibility index (Phi) is 4.65. The van der Waals surface area contributed by atoms with E-state index in [0.29, 0.717) is 6.04 Å². The molecule has 0 radical (unpaired) electrons. The third-order valence-electron chi connectivity index (χ3n) is 4.11. The van der Waals surface area contributed by atoms with E-state index in [1.807, 2.05) is 31.3 Å². The molecule has 4 nitrogen and oxygen atoms in total. The van der Waals surface area contributed by atoms with E-state index in [1.54, 1.807) is 0 Å². The van der Waals surface area contributed by atoms with Crippen molar-refractivity contribution in [1.82, 2.24) is 0 Å². The van der Waals surface area contributed by atoms with Gasteiger partial charge in [-0.2, -0.15) is 0 Å². The van der Waals surface area contributed by atoms with Crippen LogP contribution in [0.1, 0.15) is 33.1 Å². The third kappa shape index (κ3) is 3.31. The number of carbonyl (C=O) groups is 1. The number of benzene rings is 1. The van der Waals surface area contributed by atoms with Crippen molar-refractivity contribution in [3.63, 3.8) is 0 Å². The van der Waals surface area contributed by atoms with E-state index >= 15 is 0 Å². The van der Waals surface area contributed by atoms with Crippen LogP contribution in [0.4, 0.5) is 11.4 Å². The quantitative estimate of drug-likeness (QED) is 0.889. The van der Waals surface area contributed by atoms with Crippen LogP contribution in [0.15, 0.2) is 24.3 Å². The van der Waals surface area contributed by atoms with Gasteiger partial charge in [0, 0.05) is 24.5 Å². The molecule has 0 heterocycles. The van der Waals surface area contributed by atoms with Crippen molar-refractivity contribution < 1.29 is 9.90 Å². The molecule has 2 rings (SSSR count). The standard InChI is InChI=1S/C16H24N2O2/c1-11(2)18(3)13-7-4-6-12(10-13)17-16(20)14-8-5-9-15(14)19/h4,6-7,10-11,14-15,19H,5,8-9H2,1-3H3,(H,17,20). The number of aliphatic hydroxyl groups is 1. The lowest BCUT2D eigenvalue weighted by Gasteiger charge is -2.24. The van der Waals surface area contributed by atoms with Crippen LogP contribution in [0, 0.1) is 5.92 Å². The Hall–Kier alpha value is -1.55. The maximum atomic E-state index is 12.2. The van der Waals surface area contributed by atoms with E-state index in [2.05, 4.69) is 24.1 Å². The number of hydrogen-bond acceptors (Lipinski definition) is 3. The number of nitrogens with one attached hydrogen (secondary N) is 1. The van der Waals surface area contributed by atoms with Crippen LogP contribution in [0.25, 0.3) is 0 Å². The molecule has 0 aromatic heterocycles. The van der Waals surface area contributed by atoms with E-state index in [1.165, 1.54) is 0 Å². The lowest BCUT2D eigenvalue weighted by Crippen LogP contribution is -2.29. The zero-order valence-electron chi connectivity index (χ0n) is 12.5. The molecule has 2 atom stereocenters. The Balaban J connectivity index is 2.06. The van der Waals surface area contributed by atoms with E-state index < -0.39 is 6.10 Å². The number of anilines is 2. The van der Waals surface area contributed by atoms with Gasteiger partial charge in [0.15, 0.2) is 0 Å². The largest absolute Gasteiger partial charge is 0.392 e. The van der Waals surface area contributed by atoms with Gasteiger partial charge in [-0.15, -0.1) is 0 Å². The Bertz CT molecular complexity index is 473. The van der Waals surface area contributed by atoms with Gasteiger partial charge in [-0.05, 0) is 51.3 Å². The first kappa shape index (κ1) is 14.9. The Morgan fingerprint density at radius 1 is 1.40 bits per heavy atom. The van der Waals surface area contributed by atoms with Gasteiger partial charge < -0.3 is 15.3 Å². The molecule has 110 valence electrons. The fourth-order valence-corrected chi connectivity index (χ4v) is 2.58. The van der Waals surface area contributed by atoms with Crippen LogP contribution in [0.5, 0.6) is 0 Å². The number of amides is 1. The highest BCUT2D eigenvalue weighted by Gasteiger charge is 2.31. The molecule has 4 heteroatoms. The number of rotatable bonds is 4. The Morgan fingerprint density at radius 3 is 2.75 bits per heavy atom. The van der Waals surface area contributed by atoms with Crippen molar-refractivity contribution in [3.8, 4) is 0 Å². The molecule has 2 unspecified atom stereocenters. The van der Waals surface area contributed by atoms with Crippen molar-refractivity contribution in [2.24, 2.45) is 5.92 Å². The Morgan fingerprint density at radius 2 is 2.15 bits per heavy atom. The predicted molar refractivity (Wildman–Crippen MR) is 82.0 cm³/mol. The molecule has 1 aliphatic rings. The van der Waals surface area contributed by atoms with Gasteiger partial charge in [-0.3, -0.25) is 4.79 Å². The summed E-state index contributed by atoms with van der Waals surface area (Å²) >= 11 is 0. The van der Waals surface area contributed by atoms with Gasteiger partial charge in [0.2, 0.25) is 5.91 Å². The van der Waals surface area contributed by atoms with Gasteiger partial charge in [-0.1, -0.05) is 6.07 Å². The normalized spacial score (nSPS) is 22.1. The summed E-state index contributed by atoms with van der Waals surface area (Å²) in [5.74, 6) is -0.333. The van der Waals surface area contributed by atoms with E-state index in [-0.39, 0.29) is 11.8 Å². The van der Waals surface area contributed by atoms with E-state index in [4.69, 9.17) is 0 Å². The maximum Gasteiger partial charge on any atom is 0.230 e. The molecule has 20 heavy (non-hydrogen) atoms. The molecule has 0 saturated heterocycles. The van der Waals surface area contributed by atoms with E-state index in [0.717, 1.165) is 30.6 Å². The first-order valence-electron chi connectivity index (χ1n) is 7.31. The number of carbonyl (C=O) groups excluding carboxylic acids is 1. The summed E-state index contributed by atoms with van der Waals surface area (Å²) in [5.41, 5.74) is 1.86. The van der Waals surface area contributed by atoms with Crippen LogP contribution in [-0.4, -0.2) is 30.2 Å². The molecular formula is C16H24N2O2. The Labute approximate surface area is 120 Å². The molecule has 1 aromatic carbocycles. The second-order valence-electron chi connectivity index (χ2n) is 5.85.